The van der Waals surface area contributed by atoms with E-state index in [-0.39, 0.29) is 11.6 Å². The van der Waals surface area contributed by atoms with Gasteiger partial charge in [0, 0.05) is 31.0 Å². The van der Waals surface area contributed by atoms with Gasteiger partial charge in [0.05, 0.1) is 11.3 Å². The summed E-state index contributed by atoms with van der Waals surface area (Å²) in [7, 11) is 0. The molecule has 1 aliphatic rings. The highest BCUT2D eigenvalue weighted by molar-refractivity contribution is 6.04. The number of hydrogen-bond donors (Lipinski definition) is 3. The first kappa shape index (κ1) is 23.3. The second-order valence-electron chi connectivity index (χ2n) is 8.33. The zero-order chi connectivity index (χ0) is 23.8. The normalized spacial score (nSPS) is 13.3. The summed E-state index contributed by atoms with van der Waals surface area (Å²) < 4.78 is 13.9. The maximum absolute atomic E-state index is 13.9. The molecule has 1 aliphatic heterocycles. The summed E-state index contributed by atoms with van der Waals surface area (Å²) in [4.78, 5) is 27.8. The quantitative estimate of drug-likeness (QED) is 0.440. The van der Waals surface area contributed by atoms with E-state index in [2.05, 4.69) is 20.9 Å². The van der Waals surface area contributed by atoms with Gasteiger partial charge in [-0.1, -0.05) is 42.5 Å². The van der Waals surface area contributed by atoms with Crippen molar-refractivity contribution in [3.05, 3.63) is 89.7 Å². The molecule has 0 atom stereocenters. The topological polar surface area (TPSA) is 73.5 Å². The monoisotopic (exact) mass is 460 g/mol. The molecule has 0 aliphatic carbocycles. The average molecular weight is 461 g/mol. The standard InChI is InChI=1S/C27H29FN4O2/c28-23-11-5-6-12-24(23)31-27(34)30-21-13-14-25(32-17-7-2-8-18-32)22(19-21)26(33)29-16-15-20-9-3-1-4-10-20/h1,3-6,9-14,19H,2,7-8,15-18H2,(H,29,33)(H2,30,31,34). The van der Waals surface area contributed by atoms with Gasteiger partial charge in [-0.15, -0.1) is 0 Å². The minimum Gasteiger partial charge on any atom is -0.371 e. The van der Waals surface area contributed by atoms with E-state index >= 15 is 0 Å². The van der Waals surface area contributed by atoms with Crippen LogP contribution in [0.25, 0.3) is 0 Å². The van der Waals surface area contributed by atoms with Gasteiger partial charge < -0.3 is 20.9 Å². The van der Waals surface area contributed by atoms with Crippen LogP contribution in [0.1, 0.15) is 35.2 Å². The Labute approximate surface area is 199 Å². The number of amides is 3. The smallest absolute Gasteiger partial charge is 0.323 e. The number of halogens is 1. The van der Waals surface area contributed by atoms with E-state index in [0.29, 0.717) is 17.8 Å². The maximum atomic E-state index is 13.9. The molecule has 7 heteroatoms. The van der Waals surface area contributed by atoms with Crippen molar-refractivity contribution >= 4 is 29.0 Å². The van der Waals surface area contributed by atoms with Crippen LogP contribution in [0.15, 0.2) is 72.8 Å². The van der Waals surface area contributed by atoms with Gasteiger partial charge in [0.2, 0.25) is 0 Å². The third kappa shape index (κ3) is 6.13. The zero-order valence-corrected chi connectivity index (χ0v) is 19.0. The average Bonchev–Trinajstić information content (AvgIpc) is 2.86. The maximum Gasteiger partial charge on any atom is 0.323 e. The number of anilines is 3. The van der Waals surface area contributed by atoms with Crippen molar-refractivity contribution < 1.29 is 14.0 Å². The molecule has 3 aromatic carbocycles. The van der Waals surface area contributed by atoms with E-state index in [4.69, 9.17) is 0 Å². The van der Waals surface area contributed by atoms with E-state index < -0.39 is 11.8 Å². The molecule has 0 bridgehead atoms. The highest BCUT2D eigenvalue weighted by Crippen LogP contribution is 2.27. The Morgan fingerprint density at radius 3 is 2.35 bits per heavy atom. The lowest BCUT2D eigenvalue weighted by Crippen LogP contribution is -2.33. The van der Waals surface area contributed by atoms with Gasteiger partial charge in [0.1, 0.15) is 5.82 Å². The number of urea groups is 1. The van der Waals surface area contributed by atoms with Crippen LogP contribution in [0.3, 0.4) is 0 Å². The fraction of sp³-hybridized carbons (Fsp3) is 0.259. The van der Waals surface area contributed by atoms with Crippen molar-refractivity contribution in [2.75, 3.05) is 35.2 Å². The third-order valence-corrected chi connectivity index (χ3v) is 5.86. The van der Waals surface area contributed by atoms with Gasteiger partial charge in [-0.3, -0.25) is 4.79 Å². The van der Waals surface area contributed by atoms with Crippen molar-refractivity contribution in [3.63, 3.8) is 0 Å². The number of nitrogens with one attached hydrogen (secondary N) is 3. The molecule has 1 saturated heterocycles. The minimum absolute atomic E-state index is 0.0869. The zero-order valence-electron chi connectivity index (χ0n) is 19.0. The molecule has 1 heterocycles. The molecule has 1 fully saturated rings. The molecule has 4 rings (SSSR count). The molecule has 176 valence electrons. The minimum atomic E-state index is -0.578. The van der Waals surface area contributed by atoms with Crippen LogP contribution in [0, 0.1) is 5.82 Å². The molecular formula is C27H29FN4O2. The van der Waals surface area contributed by atoms with E-state index in [0.717, 1.165) is 43.6 Å². The first-order valence-electron chi connectivity index (χ1n) is 11.6. The molecular weight excluding hydrogens is 431 g/mol. The first-order valence-corrected chi connectivity index (χ1v) is 11.6. The van der Waals surface area contributed by atoms with E-state index in [1.54, 1.807) is 24.3 Å². The Morgan fingerprint density at radius 1 is 0.853 bits per heavy atom. The second-order valence-corrected chi connectivity index (χ2v) is 8.33. The SMILES string of the molecule is O=C(Nc1ccc(N2CCCCC2)c(C(=O)NCCc2ccccc2)c1)Nc1ccccc1F. The summed E-state index contributed by atoms with van der Waals surface area (Å²) in [6, 6.07) is 20.7. The fourth-order valence-corrected chi connectivity index (χ4v) is 4.11. The molecule has 6 nitrogen and oxygen atoms in total. The summed E-state index contributed by atoms with van der Waals surface area (Å²) >= 11 is 0. The van der Waals surface area contributed by atoms with E-state index in [1.165, 1.54) is 18.6 Å². The Hall–Kier alpha value is -3.87. The largest absolute Gasteiger partial charge is 0.371 e. The summed E-state index contributed by atoms with van der Waals surface area (Å²) in [5.74, 6) is -0.703. The lowest BCUT2D eigenvalue weighted by Gasteiger charge is -2.30. The number of carbonyl (C=O) groups excluding carboxylic acids is 2. The Bertz CT molecular complexity index is 1130. The predicted octanol–water partition coefficient (Wildman–Crippen LogP) is 5.43. The Balaban J connectivity index is 1.48. The van der Waals surface area contributed by atoms with Crippen LogP contribution in [0.4, 0.5) is 26.2 Å². The number of piperidine rings is 1. The molecule has 34 heavy (non-hydrogen) atoms. The number of para-hydroxylation sites is 1. The summed E-state index contributed by atoms with van der Waals surface area (Å²) in [5.41, 5.74) is 3.07. The van der Waals surface area contributed by atoms with Crippen LogP contribution in [0.2, 0.25) is 0 Å². The molecule has 0 radical (unpaired) electrons. The van der Waals surface area contributed by atoms with Crippen LogP contribution in [0.5, 0.6) is 0 Å². The van der Waals surface area contributed by atoms with Crippen molar-refractivity contribution in [1.29, 1.82) is 0 Å². The first-order chi connectivity index (χ1) is 16.6. The number of hydrogen-bond acceptors (Lipinski definition) is 3. The summed E-state index contributed by atoms with van der Waals surface area (Å²) in [6.45, 7) is 2.30. The van der Waals surface area contributed by atoms with Crippen molar-refractivity contribution in [3.8, 4) is 0 Å². The van der Waals surface area contributed by atoms with Gasteiger partial charge in [-0.05, 0) is 61.6 Å². The van der Waals surface area contributed by atoms with Crippen molar-refractivity contribution in [2.45, 2.75) is 25.7 Å². The molecule has 0 unspecified atom stereocenters. The molecule has 3 aromatic rings. The van der Waals surface area contributed by atoms with Crippen LogP contribution in [-0.4, -0.2) is 31.6 Å². The predicted molar refractivity (Wildman–Crippen MR) is 134 cm³/mol. The van der Waals surface area contributed by atoms with Crippen LogP contribution in [-0.2, 0) is 6.42 Å². The number of benzene rings is 3. The molecule has 0 saturated carbocycles. The van der Waals surface area contributed by atoms with Gasteiger partial charge in [0.15, 0.2) is 0 Å². The lowest BCUT2D eigenvalue weighted by atomic mass is 10.1. The lowest BCUT2D eigenvalue weighted by molar-refractivity contribution is 0.0954. The van der Waals surface area contributed by atoms with Gasteiger partial charge in [-0.25, -0.2) is 9.18 Å². The highest BCUT2D eigenvalue weighted by atomic mass is 19.1. The summed E-state index contributed by atoms with van der Waals surface area (Å²) in [6.07, 6.45) is 4.08. The highest BCUT2D eigenvalue weighted by Gasteiger charge is 2.20. The van der Waals surface area contributed by atoms with Crippen LogP contribution >= 0.6 is 0 Å². The molecule has 3 N–H and O–H groups in total. The Kier molecular flexibility index (Phi) is 7.75. The van der Waals surface area contributed by atoms with Gasteiger partial charge in [0.25, 0.3) is 5.91 Å². The van der Waals surface area contributed by atoms with E-state index in [1.807, 2.05) is 36.4 Å². The van der Waals surface area contributed by atoms with Crippen molar-refractivity contribution in [1.82, 2.24) is 5.32 Å². The number of rotatable bonds is 7. The number of nitrogens with zero attached hydrogens (tertiary/aromatic N) is 1. The third-order valence-electron chi connectivity index (χ3n) is 5.86. The number of carbonyl (C=O) groups is 2. The van der Waals surface area contributed by atoms with Gasteiger partial charge >= 0.3 is 6.03 Å². The summed E-state index contributed by atoms with van der Waals surface area (Å²) in [5, 5.41) is 8.22. The molecule has 0 spiro atoms. The van der Waals surface area contributed by atoms with Crippen LogP contribution < -0.4 is 20.9 Å². The molecule has 3 amide bonds. The van der Waals surface area contributed by atoms with Crippen molar-refractivity contribution in [2.24, 2.45) is 0 Å². The van der Waals surface area contributed by atoms with E-state index in [9.17, 15) is 14.0 Å². The van der Waals surface area contributed by atoms with Gasteiger partial charge in [-0.2, -0.15) is 0 Å². The second kappa shape index (κ2) is 11.3. The fourth-order valence-electron chi connectivity index (χ4n) is 4.11. The molecule has 0 aromatic heterocycles. The Morgan fingerprint density at radius 2 is 1.59 bits per heavy atom.